The van der Waals surface area contributed by atoms with E-state index in [4.69, 9.17) is 5.73 Å². The van der Waals surface area contributed by atoms with Gasteiger partial charge in [0.05, 0.1) is 0 Å². The fourth-order valence-corrected chi connectivity index (χ4v) is 2.14. The van der Waals surface area contributed by atoms with Gasteiger partial charge in [0.15, 0.2) is 0 Å². The Balaban J connectivity index is 1.94. The van der Waals surface area contributed by atoms with Crippen molar-refractivity contribution in [3.63, 3.8) is 0 Å². The molecule has 1 unspecified atom stereocenters. The average molecular weight is 264 g/mol. The molecular formula is C15H21FN2O. The van der Waals surface area contributed by atoms with Gasteiger partial charge in [0.2, 0.25) is 5.91 Å². The number of halogens is 1. The molecule has 1 fully saturated rings. The summed E-state index contributed by atoms with van der Waals surface area (Å²) in [6.07, 6.45) is 2.94. The van der Waals surface area contributed by atoms with Crippen molar-refractivity contribution >= 4 is 5.91 Å². The topological polar surface area (TPSA) is 46.3 Å². The van der Waals surface area contributed by atoms with E-state index in [2.05, 4.69) is 0 Å². The highest BCUT2D eigenvalue weighted by molar-refractivity contribution is 5.79. The fraction of sp³-hybridized carbons (Fsp3) is 0.533. The minimum Gasteiger partial charge on any atom is -0.339 e. The van der Waals surface area contributed by atoms with Crippen LogP contribution in [0.4, 0.5) is 4.39 Å². The fourth-order valence-electron chi connectivity index (χ4n) is 2.14. The van der Waals surface area contributed by atoms with Crippen LogP contribution in [0.2, 0.25) is 0 Å². The number of nitrogens with zero attached hydrogens (tertiary/aromatic N) is 1. The first-order valence-corrected chi connectivity index (χ1v) is 6.87. The average Bonchev–Trinajstić information content (AvgIpc) is 3.24. The van der Waals surface area contributed by atoms with Gasteiger partial charge in [0.1, 0.15) is 5.82 Å². The SMILES string of the molecule is CC(CN)C(=O)N(CCc1ccc(F)cc1)C1CC1. The molecule has 1 atom stereocenters. The first kappa shape index (κ1) is 14.0. The Hall–Kier alpha value is -1.42. The molecule has 1 aromatic carbocycles. The van der Waals surface area contributed by atoms with Gasteiger partial charge in [-0.05, 0) is 37.0 Å². The van der Waals surface area contributed by atoms with E-state index in [-0.39, 0.29) is 17.6 Å². The van der Waals surface area contributed by atoms with Crippen molar-refractivity contribution in [2.24, 2.45) is 11.7 Å². The van der Waals surface area contributed by atoms with Gasteiger partial charge in [-0.1, -0.05) is 19.1 Å². The molecule has 0 aliphatic heterocycles. The molecule has 0 aromatic heterocycles. The lowest BCUT2D eigenvalue weighted by atomic mass is 10.1. The van der Waals surface area contributed by atoms with Crippen LogP contribution in [0, 0.1) is 11.7 Å². The van der Waals surface area contributed by atoms with Crippen molar-refractivity contribution in [1.82, 2.24) is 4.90 Å². The van der Waals surface area contributed by atoms with Crippen molar-refractivity contribution in [3.8, 4) is 0 Å². The molecule has 0 spiro atoms. The quantitative estimate of drug-likeness (QED) is 0.853. The Morgan fingerprint density at radius 3 is 2.58 bits per heavy atom. The number of nitrogens with two attached hydrogens (primary N) is 1. The van der Waals surface area contributed by atoms with Crippen LogP contribution in [0.25, 0.3) is 0 Å². The maximum Gasteiger partial charge on any atom is 0.226 e. The number of carbonyl (C=O) groups excluding carboxylic acids is 1. The van der Waals surface area contributed by atoms with Crippen LogP contribution in [0.3, 0.4) is 0 Å². The third-order valence-electron chi connectivity index (χ3n) is 3.60. The predicted molar refractivity (Wildman–Crippen MR) is 73.1 cm³/mol. The molecule has 2 rings (SSSR count). The molecule has 1 aliphatic carbocycles. The zero-order chi connectivity index (χ0) is 13.8. The lowest BCUT2D eigenvalue weighted by Gasteiger charge is -2.25. The van der Waals surface area contributed by atoms with Gasteiger partial charge in [-0.2, -0.15) is 0 Å². The molecule has 1 aromatic rings. The molecule has 1 aliphatic rings. The summed E-state index contributed by atoms with van der Waals surface area (Å²) < 4.78 is 12.8. The van der Waals surface area contributed by atoms with Gasteiger partial charge >= 0.3 is 0 Å². The van der Waals surface area contributed by atoms with Crippen molar-refractivity contribution in [3.05, 3.63) is 35.6 Å². The van der Waals surface area contributed by atoms with Gasteiger partial charge in [-0.25, -0.2) is 4.39 Å². The molecule has 3 nitrogen and oxygen atoms in total. The van der Waals surface area contributed by atoms with Crippen LogP contribution in [0.5, 0.6) is 0 Å². The maximum absolute atomic E-state index is 12.8. The van der Waals surface area contributed by atoms with Crippen molar-refractivity contribution in [2.75, 3.05) is 13.1 Å². The molecule has 0 heterocycles. The zero-order valence-corrected chi connectivity index (χ0v) is 11.3. The minimum atomic E-state index is -0.226. The number of amides is 1. The van der Waals surface area contributed by atoms with E-state index in [0.717, 1.165) is 24.8 Å². The van der Waals surface area contributed by atoms with E-state index in [9.17, 15) is 9.18 Å². The number of hydrogen-bond acceptors (Lipinski definition) is 2. The summed E-state index contributed by atoms with van der Waals surface area (Å²) >= 11 is 0. The second-order valence-corrected chi connectivity index (χ2v) is 5.28. The molecule has 0 saturated heterocycles. The Labute approximate surface area is 113 Å². The number of rotatable bonds is 6. The third-order valence-corrected chi connectivity index (χ3v) is 3.60. The van der Waals surface area contributed by atoms with Gasteiger partial charge in [-0.3, -0.25) is 4.79 Å². The summed E-state index contributed by atoms with van der Waals surface area (Å²) in [5.41, 5.74) is 6.62. The molecule has 0 bridgehead atoms. The van der Waals surface area contributed by atoms with Crippen LogP contribution in [0.1, 0.15) is 25.3 Å². The third kappa shape index (κ3) is 3.77. The normalized spacial score (nSPS) is 16.2. The van der Waals surface area contributed by atoms with Crippen molar-refractivity contribution < 1.29 is 9.18 Å². The van der Waals surface area contributed by atoms with Gasteiger partial charge < -0.3 is 10.6 Å². The summed E-state index contributed by atoms with van der Waals surface area (Å²) in [5, 5.41) is 0. The lowest BCUT2D eigenvalue weighted by Crippen LogP contribution is -2.40. The number of benzene rings is 1. The minimum absolute atomic E-state index is 0.117. The molecule has 19 heavy (non-hydrogen) atoms. The summed E-state index contributed by atoms with van der Waals surface area (Å²) in [4.78, 5) is 14.2. The Morgan fingerprint density at radius 2 is 2.05 bits per heavy atom. The monoisotopic (exact) mass is 264 g/mol. The molecule has 1 saturated carbocycles. The van der Waals surface area contributed by atoms with Crippen LogP contribution >= 0.6 is 0 Å². The van der Waals surface area contributed by atoms with Gasteiger partial charge in [0, 0.05) is 25.0 Å². The first-order valence-electron chi connectivity index (χ1n) is 6.87. The zero-order valence-electron chi connectivity index (χ0n) is 11.3. The van der Waals surface area contributed by atoms with E-state index in [0.29, 0.717) is 19.1 Å². The van der Waals surface area contributed by atoms with Gasteiger partial charge in [0.25, 0.3) is 0 Å². The molecule has 0 radical (unpaired) electrons. The number of hydrogen-bond donors (Lipinski definition) is 1. The predicted octanol–water partition coefficient (Wildman–Crippen LogP) is 1.95. The van der Waals surface area contributed by atoms with Crippen molar-refractivity contribution in [2.45, 2.75) is 32.2 Å². The second-order valence-electron chi connectivity index (χ2n) is 5.28. The first-order chi connectivity index (χ1) is 9.11. The van der Waals surface area contributed by atoms with E-state index in [1.807, 2.05) is 11.8 Å². The van der Waals surface area contributed by atoms with E-state index < -0.39 is 0 Å². The van der Waals surface area contributed by atoms with Crippen LogP contribution in [-0.2, 0) is 11.2 Å². The summed E-state index contributed by atoms with van der Waals surface area (Å²) in [6.45, 7) is 2.95. The van der Waals surface area contributed by atoms with Gasteiger partial charge in [-0.15, -0.1) is 0 Å². The van der Waals surface area contributed by atoms with Crippen molar-refractivity contribution in [1.29, 1.82) is 0 Å². The highest BCUT2D eigenvalue weighted by atomic mass is 19.1. The lowest BCUT2D eigenvalue weighted by molar-refractivity contribution is -0.135. The summed E-state index contributed by atoms with van der Waals surface area (Å²) in [7, 11) is 0. The van der Waals surface area contributed by atoms with E-state index in [1.54, 1.807) is 12.1 Å². The Morgan fingerprint density at radius 1 is 1.42 bits per heavy atom. The molecule has 4 heteroatoms. The highest BCUT2D eigenvalue weighted by Crippen LogP contribution is 2.28. The second kappa shape index (κ2) is 6.15. The Bertz CT molecular complexity index is 428. The van der Waals surface area contributed by atoms with E-state index >= 15 is 0 Å². The molecule has 2 N–H and O–H groups in total. The Kier molecular flexibility index (Phi) is 4.53. The summed E-state index contributed by atoms with van der Waals surface area (Å²) in [5.74, 6) is -0.198. The van der Waals surface area contributed by atoms with Crippen LogP contribution in [0.15, 0.2) is 24.3 Å². The molecule has 1 amide bonds. The molecule has 104 valence electrons. The smallest absolute Gasteiger partial charge is 0.226 e. The van der Waals surface area contributed by atoms with E-state index in [1.165, 1.54) is 12.1 Å². The highest BCUT2D eigenvalue weighted by Gasteiger charge is 2.33. The maximum atomic E-state index is 12.8. The standard InChI is InChI=1S/C15H21FN2O/c1-11(10-17)15(19)18(14-6-7-14)9-8-12-2-4-13(16)5-3-12/h2-5,11,14H,6-10,17H2,1H3. The summed E-state index contributed by atoms with van der Waals surface area (Å²) in [6, 6.07) is 6.86. The number of carbonyl (C=O) groups is 1. The molecular weight excluding hydrogens is 243 g/mol. The van der Waals surface area contributed by atoms with Crippen LogP contribution < -0.4 is 5.73 Å². The largest absolute Gasteiger partial charge is 0.339 e. The van der Waals surface area contributed by atoms with Crippen LogP contribution in [-0.4, -0.2) is 29.9 Å².